The van der Waals surface area contributed by atoms with Crippen molar-refractivity contribution in [2.24, 2.45) is 0 Å². The van der Waals surface area contributed by atoms with Gasteiger partial charge in [-0.05, 0) is 23.0 Å². The van der Waals surface area contributed by atoms with E-state index in [9.17, 15) is 0 Å². The third-order valence-electron chi connectivity index (χ3n) is 5.99. The predicted octanol–water partition coefficient (Wildman–Crippen LogP) is 5.38. The Labute approximate surface area is 158 Å². The lowest BCUT2D eigenvalue weighted by molar-refractivity contribution is 0.309. The molecule has 0 rings (SSSR count). The minimum absolute atomic E-state index is 0.441. The average Bonchev–Trinajstić information content (AvgIpc) is 2.37. The van der Waals surface area contributed by atoms with Gasteiger partial charge in [0, 0.05) is 14.2 Å². The molecular formula is C18H47NO2Si3. The maximum absolute atomic E-state index is 4.61. The van der Waals surface area contributed by atoms with Gasteiger partial charge in [-0.25, -0.2) is 0 Å². The van der Waals surface area contributed by atoms with Crippen molar-refractivity contribution in [1.82, 2.24) is 4.23 Å². The van der Waals surface area contributed by atoms with Crippen LogP contribution < -0.4 is 0 Å². The summed E-state index contributed by atoms with van der Waals surface area (Å²) in [5, 5.41) is 0.881. The molecule has 0 aromatic carbocycles. The first-order valence-corrected chi connectivity index (χ1v) is 16.4. The summed E-state index contributed by atoms with van der Waals surface area (Å²) in [4.78, 5) is 0. The summed E-state index contributed by atoms with van der Waals surface area (Å²) in [5.74, 6) is 0. The van der Waals surface area contributed by atoms with E-state index >= 15 is 0 Å². The molecule has 0 unspecified atom stereocenters. The normalized spacial score (nSPS) is 13.8. The Bertz CT molecular complexity index is 306. The molecule has 0 spiro atoms. The number of hydrogen-bond acceptors (Lipinski definition) is 3. The number of nitrogens with zero attached hydrogens (tertiary/aromatic N) is 1. The lowest BCUT2D eigenvalue weighted by atomic mass is 10.2. The summed E-state index contributed by atoms with van der Waals surface area (Å²) in [6.07, 6.45) is 2.65. The Balaban J connectivity index is 0. The lowest BCUT2D eigenvalue weighted by Gasteiger charge is -2.57. The second kappa shape index (κ2) is 10.6. The second-order valence-corrected chi connectivity index (χ2v) is 22.0. The van der Waals surface area contributed by atoms with E-state index in [0.717, 1.165) is 0 Å². The molecule has 0 radical (unpaired) electrons. The summed E-state index contributed by atoms with van der Waals surface area (Å²) >= 11 is 0. The Morgan fingerprint density at radius 1 is 0.792 bits per heavy atom. The molecule has 0 N–H and O–H groups in total. The minimum atomic E-state index is -1.42. The van der Waals surface area contributed by atoms with Crippen molar-refractivity contribution in [1.29, 1.82) is 0 Å². The van der Waals surface area contributed by atoms with Crippen molar-refractivity contribution >= 4 is 26.5 Å². The zero-order valence-electron chi connectivity index (χ0n) is 19.1. The molecule has 0 aromatic heterocycles. The second-order valence-electron chi connectivity index (χ2n) is 9.82. The molecular weight excluding hydrogens is 346 g/mol. The fourth-order valence-corrected chi connectivity index (χ4v) is 13.4. The van der Waals surface area contributed by atoms with Gasteiger partial charge < -0.3 is 13.1 Å². The van der Waals surface area contributed by atoms with Gasteiger partial charge in [0.15, 0.2) is 0 Å². The number of hydrogen-bond donors (Lipinski definition) is 0. The zero-order chi connectivity index (χ0) is 19.8. The van der Waals surface area contributed by atoms with Gasteiger partial charge in [-0.15, -0.1) is 0 Å². The van der Waals surface area contributed by atoms with E-state index in [1.165, 1.54) is 19.4 Å². The van der Waals surface area contributed by atoms with Gasteiger partial charge >= 0.3 is 10.0 Å². The van der Waals surface area contributed by atoms with E-state index < -0.39 is 26.5 Å². The predicted molar refractivity (Wildman–Crippen MR) is 119 cm³/mol. The maximum atomic E-state index is 4.61. The van der Waals surface area contributed by atoms with Gasteiger partial charge in [0.1, 0.15) is 16.5 Å². The van der Waals surface area contributed by atoms with Gasteiger partial charge in [-0.1, -0.05) is 81.1 Å². The first-order chi connectivity index (χ1) is 10.6. The van der Waals surface area contributed by atoms with E-state index in [2.05, 4.69) is 87.7 Å². The number of unbranched alkanes of at least 4 members (excludes halogenated alkanes) is 1. The highest BCUT2D eigenvalue weighted by Gasteiger charge is 2.51. The molecule has 0 saturated heterocycles. The highest BCUT2D eigenvalue weighted by molar-refractivity contribution is 6.93. The van der Waals surface area contributed by atoms with Crippen molar-refractivity contribution in [2.75, 3.05) is 20.8 Å². The summed E-state index contributed by atoms with van der Waals surface area (Å²) in [6, 6.07) is 0. The molecule has 6 heteroatoms. The van der Waals surface area contributed by atoms with Crippen molar-refractivity contribution in [2.45, 2.75) is 97.6 Å². The molecule has 0 aliphatic carbocycles. The third-order valence-corrected chi connectivity index (χ3v) is 20.3. The van der Waals surface area contributed by atoms with Crippen molar-refractivity contribution in [3.05, 3.63) is 0 Å². The summed E-state index contributed by atoms with van der Waals surface area (Å²) in [5.41, 5.74) is 0. The van der Waals surface area contributed by atoms with Gasteiger partial charge in [-0.2, -0.15) is 0 Å². The Morgan fingerprint density at radius 2 is 1.12 bits per heavy atom. The Morgan fingerprint density at radius 3 is 1.29 bits per heavy atom. The number of rotatable bonds is 7. The molecule has 0 saturated carbocycles. The van der Waals surface area contributed by atoms with Crippen LogP contribution in [0, 0.1) is 0 Å². The highest BCUT2D eigenvalue weighted by Crippen LogP contribution is 2.46. The quantitative estimate of drug-likeness (QED) is 0.542. The van der Waals surface area contributed by atoms with Crippen LogP contribution in [-0.4, -0.2) is 51.5 Å². The largest absolute Gasteiger partial charge is 0.402 e. The monoisotopic (exact) mass is 393 g/mol. The first-order valence-electron chi connectivity index (χ1n) is 9.36. The van der Waals surface area contributed by atoms with Crippen LogP contribution >= 0.6 is 0 Å². The van der Waals surface area contributed by atoms with Crippen molar-refractivity contribution in [3.63, 3.8) is 0 Å². The van der Waals surface area contributed by atoms with Crippen LogP contribution in [0.4, 0.5) is 0 Å². The van der Waals surface area contributed by atoms with Crippen molar-refractivity contribution < 1.29 is 8.85 Å². The summed E-state index contributed by atoms with van der Waals surface area (Å²) in [6.45, 7) is 28.7. The Kier molecular flexibility index (Phi) is 11.8. The topological polar surface area (TPSA) is 21.7 Å². The minimum Gasteiger partial charge on any atom is -0.402 e. The van der Waals surface area contributed by atoms with Crippen LogP contribution in [0.15, 0.2) is 0 Å². The molecule has 0 amide bonds. The van der Waals surface area contributed by atoms with E-state index in [1.54, 1.807) is 14.2 Å². The van der Waals surface area contributed by atoms with Crippen molar-refractivity contribution in [3.8, 4) is 0 Å². The van der Waals surface area contributed by atoms with E-state index in [-0.39, 0.29) is 0 Å². The molecule has 0 aliphatic rings. The lowest BCUT2D eigenvalue weighted by Crippen LogP contribution is -2.68. The highest BCUT2D eigenvalue weighted by atomic mass is 28.4. The Hall–Kier alpha value is 0.531. The average molecular weight is 394 g/mol. The third kappa shape index (κ3) is 7.83. The van der Waals surface area contributed by atoms with Gasteiger partial charge in [0.25, 0.3) is 0 Å². The van der Waals surface area contributed by atoms with Gasteiger partial charge in [0.05, 0.1) is 0 Å². The van der Waals surface area contributed by atoms with Gasteiger partial charge in [-0.3, -0.25) is 0 Å². The van der Waals surface area contributed by atoms with Gasteiger partial charge in [0.2, 0.25) is 0 Å². The molecule has 0 aliphatic heterocycles. The standard InChI is InChI=1S/C16H39NSi2.C2H8O2Si/c1-12-13-14-17(18(8,9)15(2,3)4)19(10,11)16(5,6)7;1-3-5-4-2/h12-14H2,1-11H3;5H2,1-2H3. The molecule has 0 heterocycles. The molecule has 148 valence electrons. The summed E-state index contributed by atoms with van der Waals surface area (Å²) in [7, 11) is -0.114. The first kappa shape index (κ1) is 26.8. The molecule has 0 atom stereocenters. The fourth-order valence-electron chi connectivity index (χ4n) is 2.50. The molecule has 0 fully saturated rings. The summed E-state index contributed by atoms with van der Waals surface area (Å²) < 4.78 is 12.2. The molecule has 0 aromatic rings. The van der Waals surface area contributed by atoms with Crippen LogP contribution in [-0.2, 0) is 8.85 Å². The molecule has 0 bridgehead atoms. The zero-order valence-corrected chi connectivity index (χ0v) is 22.5. The molecule has 3 nitrogen and oxygen atoms in total. The van der Waals surface area contributed by atoms with Crippen LogP contribution in [0.2, 0.25) is 36.3 Å². The van der Waals surface area contributed by atoms with Crippen LogP contribution in [0.25, 0.3) is 0 Å². The smallest absolute Gasteiger partial charge is 0.303 e. The SMILES string of the molecule is CCCCN([Si](C)(C)C(C)(C)C)[Si](C)(C)C(C)(C)C.CO[SiH2]OC. The van der Waals surface area contributed by atoms with E-state index in [0.29, 0.717) is 10.1 Å². The van der Waals surface area contributed by atoms with E-state index in [4.69, 9.17) is 0 Å². The maximum Gasteiger partial charge on any atom is 0.303 e. The fraction of sp³-hybridized carbons (Fsp3) is 1.00. The van der Waals surface area contributed by atoms with E-state index in [1.807, 2.05) is 0 Å². The van der Waals surface area contributed by atoms with Crippen LogP contribution in [0.3, 0.4) is 0 Å². The van der Waals surface area contributed by atoms with Crippen LogP contribution in [0.5, 0.6) is 0 Å². The molecule has 24 heavy (non-hydrogen) atoms. The van der Waals surface area contributed by atoms with Crippen LogP contribution in [0.1, 0.15) is 61.3 Å².